The van der Waals surface area contributed by atoms with Gasteiger partial charge in [-0.2, -0.15) is 12.7 Å². The van der Waals surface area contributed by atoms with Crippen LogP contribution in [0.5, 0.6) is 0 Å². The van der Waals surface area contributed by atoms with Crippen LogP contribution >= 0.6 is 0 Å². The Morgan fingerprint density at radius 3 is 2.43 bits per heavy atom. The molecular weight excluding hydrogens is 628 g/mol. The van der Waals surface area contributed by atoms with Gasteiger partial charge in [0.25, 0.3) is 0 Å². The molecule has 10 nitrogen and oxygen atoms in total. The van der Waals surface area contributed by atoms with E-state index >= 15 is 4.39 Å². The molecule has 0 bridgehead atoms. The van der Waals surface area contributed by atoms with E-state index in [0.29, 0.717) is 17.0 Å². The highest BCUT2D eigenvalue weighted by Gasteiger charge is 2.33. The standard InChI is InChI=1S/C34H39F2N5O5S/c1-4-26-30(39-47(43,44)41-16-13-24(35)20-41)10-9-29(36)31(26)32(42)28-19-38-33-27(28)17-23(18-37-33)21-5-7-25(8-6-21)40-14-11-22(12-15-40)34(45-2)46-3/h5-10,17-19,22,24,34,39H,4,11-16,20H2,1-3H3,(H,37,38). The smallest absolute Gasteiger partial charge is 0.301 e. The normalized spacial score (nSPS) is 18.0. The Morgan fingerprint density at radius 2 is 1.79 bits per heavy atom. The predicted octanol–water partition coefficient (Wildman–Crippen LogP) is 5.70. The van der Waals surface area contributed by atoms with Crippen molar-refractivity contribution in [2.45, 2.75) is 45.1 Å². The van der Waals surface area contributed by atoms with E-state index in [9.17, 15) is 17.6 Å². The van der Waals surface area contributed by atoms with Crippen molar-refractivity contribution in [2.75, 3.05) is 50.0 Å². The number of hydrogen-bond acceptors (Lipinski definition) is 7. The van der Waals surface area contributed by atoms with Crippen LogP contribution in [0.15, 0.2) is 54.9 Å². The van der Waals surface area contributed by atoms with Gasteiger partial charge in [-0.3, -0.25) is 9.52 Å². The zero-order valence-corrected chi connectivity index (χ0v) is 27.4. The van der Waals surface area contributed by atoms with Crippen LogP contribution in [0.1, 0.15) is 47.7 Å². The molecule has 13 heteroatoms. The van der Waals surface area contributed by atoms with Gasteiger partial charge in [0.15, 0.2) is 12.1 Å². The maximum Gasteiger partial charge on any atom is 0.301 e. The van der Waals surface area contributed by atoms with Crippen LogP contribution in [-0.2, 0) is 26.1 Å². The topological polar surface area (TPSA) is 117 Å². The number of carbonyl (C=O) groups is 1. The van der Waals surface area contributed by atoms with Gasteiger partial charge in [0.2, 0.25) is 0 Å². The summed E-state index contributed by atoms with van der Waals surface area (Å²) in [7, 11) is -0.756. The van der Waals surface area contributed by atoms with Crippen LogP contribution in [0, 0.1) is 11.7 Å². The number of piperidine rings is 1. The van der Waals surface area contributed by atoms with Crippen LogP contribution in [0.2, 0.25) is 0 Å². The number of nitrogens with one attached hydrogen (secondary N) is 2. The third-order valence-electron chi connectivity index (χ3n) is 9.25. The summed E-state index contributed by atoms with van der Waals surface area (Å²) < 4.78 is 69.4. The van der Waals surface area contributed by atoms with E-state index in [0.717, 1.165) is 53.1 Å². The fraction of sp³-hybridized carbons (Fsp3) is 0.412. The van der Waals surface area contributed by atoms with Gasteiger partial charge in [-0.05, 0) is 67.1 Å². The molecule has 4 aromatic rings. The Labute approximate surface area is 273 Å². The number of ether oxygens (including phenoxy) is 2. The number of H-pyrrole nitrogens is 1. The molecular formula is C34H39F2N5O5S. The molecule has 2 aliphatic heterocycles. The van der Waals surface area contributed by atoms with Crippen molar-refractivity contribution >= 4 is 38.4 Å². The summed E-state index contributed by atoms with van der Waals surface area (Å²) in [5.74, 6) is -1.01. The van der Waals surface area contributed by atoms with Crippen LogP contribution in [-0.4, -0.2) is 81.3 Å². The Balaban J connectivity index is 1.25. The molecule has 1 atom stereocenters. The largest absolute Gasteiger partial charge is 0.372 e. The van der Waals surface area contributed by atoms with Crippen molar-refractivity contribution in [3.05, 3.63) is 77.4 Å². The Hall–Kier alpha value is -3.91. The first kappa shape index (κ1) is 33.0. The Bertz CT molecular complexity index is 1850. The molecule has 0 amide bonds. The number of fused-ring (bicyclic) bond motifs is 1. The molecule has 0 spiro atoms. The highest BCUT2D eigenvalue weighted by molar-refractivity contribution is 7.90. The van der Waals surface area contributed by atoms with Crippen molar-refractivity contribution in [2.24, 2.45) is 5.92 Å². The van der Waals surface area contributed by atoms with E-state index in [4.69, 9.17) is 9.47 Å². The number of benzene rings is 2. The number of hydrogen-bond donors (Lipinski definition) is 2. The summed E-state index contributed by atoms with van der Waals surface area (Å²) in [6.45, 7) is 3.30. The average molecular weight is 668 g/mol. The van der Waals surface area contributed by atoms with Crippen LogP contribution in [0.3, 0.4) is 0 Å². The van der Waals surface area contributed by atoms with Crippen molar-refractivity contribution < 1.29 is 31.5 Å². The van der Waals surface area contributed by atoms with Crippen LogP contribution < -0.4 is 9.62 Å². The van der Waals surface area contributed by atoms with E-state index in [1.165, 1.54) is 12.3 Å². The molecule has 1 unspecified atom stereocenters. The zero-order chi connectivity index (χ0) is 33.3. The number of aromatic nitrogens is 2. The SMILES string of the molecule is CCc1c(NS(=O)(=O)N2CCC(F)C2)ccc(F)c1C(=O)c1c[nH]c2ncc(-c3ccc(N4CCC(C(OC)OC)CC4)cc3)cc12. The number of halogens is 2. The number of carbonyl (C=O) groups excluding carboxylic acids is 1. The third-order valence-corrected chi connectivity index (χ3v) is 10.7. The molecule has 6 rings (SSSR count). The van der Waals surface area contributed by atoms with Gasteiger partial charge in [-0.15, -0.1) is 0 Å². The molecule has 2 aromatic carbocycles. The first-order valence-electron chi connectivity index (χ1n) is 15.8. The lowest BCUT2D eigenvalue weighted by Gasteiger charge is -2.36. The van der Waals surface area contributed by atoms with Crippen LogP contribution in [0.4, 0.5) is 20.2 Å². The number of aromatic amines is 1. The van der Waals surface area contributed by atoms with Gasteiger partial charge in [0.05, 0.1) is 11.3 Å². The van der Waals surface area contributed by atoms with Gasteiger partial charge in [0.1, 0.15) is 17.6 Å². The fourth-order valence-electron chi connectivity index (χ4n) is 6.70. The van der Waals surface area contributed by atoms with E-state index in [1.54, 1.807) is 27.3 Å². The minimum absolute atomic E-state index is 0.0428. The van der Waals surface area contributed by atoms with E-state index in [-0.39, 0.29) is 54.6 Å². The summed E-state index contributed by atoms with van der Waals surface area (Å²) in [5.41, 5.74) is 3.56. The molecule has 2 N–H and O–H groups in total. The number of pyridine rings is 1. The summed E-state index contributed by atoms with van der Waals surface area (Å²) in [6, 6.07) is 12.4. The third kappa shape index (κ3) is 6.62. The summed E-state index contributed by atoms with van der Waals surface area (Å²) >= 11 is 0. The average Bonchev–Trinajstić information content (AvgIpc) is 3.72. The molecule has 2 fully saturated rings. The lowest BCUT2D eigenvalue weighted by atomic mass is 9.94. The number of methoxy groups -OCH3 is 2. The number of ketones is 1. The highest BCUT2D eigenvalue weighted by Crippen LogP contribution is 2.33. The maximum absolute atomic E-state index is 15.4. The monoisotopic (exact) mass is 667 g/mol. The van der Waals surface area contributed by atoms with E-state index < -0.39 is 28.0 Å². The van der Waals surface area contributed by atoms with Crippen LogP contribution in [0.25, 0.3) is 22.2 Å². The molecule has 0 aliphatic carbocycles. The van der Waals surface area contributed by atoms with Crippen molar-refractivity contribution in [1.82, 2.24) is 14.3 Å². The minimum atomic E-state index is -4.10. The number of nitrogens with zero attached hydrogens (tertiary/aromatic N) is 3. The Morgan fingerprint density at radius 1 is 1.06 bits per heavy atom. The lowest BCUT2D eigenvalue weighted by Crippen LogP contribution is -2.39. The molecule has 2 aliphatic rings. The second kappa shape index (κ2) is 13.7. The summed E-state index contributed by atoms with van der Waals surface area (Å²) in [6.07, 6.45) is 4.00. The predicted molar refractivity (Wildman–Crippen MR) is 177 cm³/mol. The Kier molecular flexibility index (Phi) is 9.60. The molecule has 0 radical (unpaired) electrons. The van der Waals surface area contributed by atoms with Gasteiger partial charge in [-0.25, -0.2) is 13.8 Å². The fourth-order valence-corrected chi connectivity index (χ4v) is 8.00. The van der Waals surface area contributed by atoms with E-state index in [2.05, 4.69) is 31.7 Å². The number of alkyl halides is 1. The molecule has 2 saturated heterocycles. The van der Waals surface area contributed by atoms with Gasteiger partial charge in [0, 0.05) is 80.9 Å². The van der Waals surface area contributed by atoms with Crippen molar-refractivity contribution in [3.8, 4) is 11.1 Å². The van der Waals surface area contributed by atoms with Gasteiger partial charge in [-0.1, -0.05) is 19.1 Å². The second-order valence-electron chi connectivity index (χ2n) is 12.0. The maximum atomic E-state index is 15.4. The zero-order valence-electron chi connectivity index (χ0n) is 26.6. The van der Waals surface area contributed by atoms with Gasteiger partial charge < -0.3 is 19.4 Å². The lowest BCUT2D eigenvalue weighted by molar-refractivity contribution is -0.141. The summed E-state index contributed by atoms with van der Waals surface area (Å²) in [5, 5.41) is 0.517. The van der Waals surface area contributed by atoms with Crippen molar-refractivity contribution in [1.29, 1.82) is 0 Å². The van der Waals surface area contributed by atoms with Gasteiger partial charge >= 0.3 is 10.2 Å². The van der Waals surface area contributed by atoms with Crippen molar-refractivity contribution in [3.63, 3.8) is 0 Å². The number of rotatable bonds is 11. The molecule has 250 valence electrons. The molecule has 2 aromatic heterocycles. The molecule has 4 heterocycles. The van der Waals surface area contributed by atoms with E-state index in [1.807, 2.05) is 18.2 Å². The quantitative estimate of drug-likeness (QED) is 0.156. The minimum Gasteiger partial charge on any atom is -0.372 e. The highest BCUT2D eigenvalue weighted by atomic mass is 32.2. The first-order valence-corrected chi connectivity index (χ1v) is 17.2. The molecule has 0 saturated carbocycles. The first-order chi connectivity index (χ1) is 22.6. The summed E-state index contributed by atoms with van der Waals surface area (Å²) in [4.78, 5) is 23.8. The second-order valence-corrected chi connectivity index (χ2v) is 13.7. The number of anilines is 2. The molecule has 47 heavy (non-hydrogen) atoms.